The Morgan fingerprint density at radius 2 is 2.19 bits per heavy atom. The van der Waals surface area contributed by atoms with Crippen LogP contribution in [0.3, 0.4) is 0 Å². The topological polar surface area (TPSA) is 43.0 Å². The highest BCUT2D eigenvalue weighted by atomic mass is 79.9. The monoisotopic (exact) mass is 373 g/mol. The fourth-order valence-corrected chi connectivity index (χ4v) is 2.96. The van der Waals surface area contributed by atoms with Gasteiger partial charge in [0, 0.05) is 13.0 Å². The van der Waals surface area contributed by atoms with E-state index in [-0.39, 0.29) is 6.04 Å². The van der Waals surface area contributed by atoms with Gasteiger partial charge in [0.15, 0.2) is 5.22 Å². The molecule has 0 aromatic carbocycles. The summed E-state index contributed by atoms with van der Waals surface area (Å²) in [4.78, 5) is 0. The van der Waals surface area contributed by atoms with Crippen molar-refractivity contribution in [2.75, 3.05) is 6.54 Å². The maximum absolute atomic E-state index is 5.91. The molecule has 1 atom stereocenters. The molecule has 4 nitrogen and oxygen atoms in total. The van der Waals surface area contributed by atoms with Crippen molar-refractivity contribution in [1.29, 1.82) is 0 Å². The van der Waals surface area contributed by atoms with Gasteiger partial charge in [0.1, 0.15) is 5.76 Å². The van der Waals surface area contributed by atoms with Crippen LogP contribution in [0.5, 0.6) is 0 Å². The van der Waals surface area contributed by atoms with Crippen molar-refractivity contribution < 1.29 is 4.42 Å². The van der Waals surface area contributed by atoms with Gasteiger partial charge in [-0.05, 0) is 66.5 Å². The molecule has 1 unspecified atom stereocenters. The van der Waals surface area contributed by atoms with Gasteiger partial charge in [0.2, 0.25) is 0 Å². The molecule has 0 amide bonds. The number of hydrogen-bond acceptors (Lipinski definition) is 3. The Morgan fingerprint density at radius 1 is 1.43 bits per heavy atom. The van der Waals surface area contributed by atoms with Gasteiger partial charge in [0.05, 0.1) is 21.9 Å². The van der Waals surface area contributed by atoms with Gasteiger partial charge < -0.3 is 9.73 Å². The molecule has 0 fully saturated rings. The van der Waals surface area contributed by atoms with E-state index in [1.807, 2.05) is 17.7 Å². The zero-order valence-corrected chi connectivity index (χ0v) is 15.0. The quantitative estimate of drug-likeness (QED) is 0.775. The number of hydrogen-bond donors (Lipinski definition) is 1. The molecule has 0 aliphatic rings. The lowest BCUT2D eigenvalue weighted by atomic mass is 10.1. The molecule has 6 heteroatoms. The Labute approximate surface area is 139 Å². The summed E-state index contributed by atoms with van der Waals surface area (Å²) in [5.74, 6) is 0.863. The molecule has 0 radical (unpaired) electrons. The number of aromatic nitrogens is 2. The van der Waals surface area contributed by atoms with E-state index in [2.05, 4.69) is 40.2 Å². The smallest absolute Gasteiger partial charge is 0.193 e. The van der Waals surface area contributed by atoms with Crippen LogP contribution in [0.25, 0.3) is 0 Å². The zero-order chi connectivity index (χ0) is 15.4. The average molecular weight is 375 g/mol. The Hall–Kier alpha value is -0.780. The second kappa shape index (κ2) is 7.47. The first-order valence-electron chi connectivity index (χ1n) is 7.27. The van der Waals surface area contributed by atoms with Gasteiger partial charge in [-0.15, -0.1) is 0 Å². The summed E-state index contributed by atoms with van der Waals surface area (Å²) < 4.78 is 8.70. The normalized spacial score (nSPS) is 12.8. The Morgan fingerprint density at radius 3 is 2.76 bits per heavy atom. The molecule has 2 heterocycles. The van der Waals surface area contributed by atoms with Crippen LogP contribution < -0.4 is 5.32 Å². The Balaban J connectivity index is 2.26. The predicted octanol–water partition coefficient (Wildman–Crippen LogP) is 4.50. The SMILES string of the molecule is CCCNC(Cc1c(Br)c(C)nn1CC)c1ccc(Cl)o1. The van der Waals surface area contributed by atoms with Crippen LogP contribution in [0.4, 0.5) is 0 Å². The van der Waals surface area contributed by atoms with Crippen LogP contribution in [0, 0.1) is 6.92 Å². The Bertz CT molecular complexity index is 594. The standard InChI is InChI=1S/C15H21BrClN3O/c1-4-8-18-11(13-6-7-14(17)21-13)9-12-15(16)10(3)19-20(12)5-2/h6-7,11,18H,4-5,8-9H2,1-3H3. The lowest BCUT2D eigenvalue weighted by Crippen LogP contribution is -2.25. The van der Waals surface area contributed by atoms with Crippen LogP contribution in [0.2, 0.25) is 5.22 Å². The third kappa shape index (κ3) is 3.90. The molecular formula is C15H21BrClN3O. The molecule has 2 aromatic rings. The highest BCUT2D eigenvalue weighted by Gasteiger charge is 2.21. The van der Waals surface area contributed by atoms with Crippen LogP contribution in [0.15, 0.2) is 21.0 Å². The molecule has 0 saturated carbocycles. The van der Waals surface area contributed by atoms with Crippen molar-refractivity contribution in [3.63, 3.8) is 0 Å². The first-order chi connectivity index (χ1) is 10.1. The zero-order valence-electron chi connectivity index (χ0n) is 12.6. The predicted molar refractivity (Wildman–Crippen MR) is 88.8 cm³/mol. The molecule has 0 bridgehead atoms. The summed E-state index contributed by atoms with van der Waals surface area (Å²) in [6.45, 7) is 8.04. The third-order valence-corrected chi connectivity index (χ3v) is 4.66. The van der Waals surface area contributed by atoms with Crippen molar-refractivity contribution in [3.05, 3.63) is 39.0 Å². The third-order valence-electron chi connectivity index (χ3n) is 3.43. The van der Waals surface area contributed by atoms with Gasteiger partial charge in [-0.2, -0.15) is 5.10 Å². The highest BCUT2D eigenvalue weighted by Crippen LogP contribution is 2.28. The molecule has 116 valence electrons. The average Bonchev–Trinajstić information content (AvgIpc) is 3.01. The molecule has 0 aliphatic heterocycles. The van der Waals surface area contributed by atoms with E-state index >= 15 is 0 Å². The summed E-state index contributed by atoms with van der Waals surface area (Å²) in [6.07, 6.45) is 1.87. The van der Waals surface area contributed by atoms with Crippen LogP contribution in [-0.2, 0) is 13.0 Å². The lowest BCUT2D eigenvalue weighted by molar-refractivity contribution is 0.403. The number of furan rings is 1. The lowest BCUT2D eigenvalue weighted by Gasteiger charge is -2.17. The first kappa shape index (κ1) is 16.6. The van der Waals surface area contributed by atoms with E-state index in [1.165, 1.54) is 5.69 Å². The van der Waals surface area contributed by atoms with E-state index in [9.17, 15) is 0 Å². The van der Waals surface area contributed by atoms with E-state index in [0.717, 1.165) is 41.9 Å². The van der Waals surface area contributed by atoms with E-state index in [4.69, 9.17) is 16.0 Å². The maximum Gasteiger partial charge on any atom is 0.193 e. The summed E-state index contributed by atoms with van der Waals surface area (Å²) >= 11 is 9.56. The fraction of sp³-hybridized carbons (Fsp3) is 0.533. The van der Waals surface area contributed by atoms with Crippen molar-refractivity contribution in [2.45, 2.75) is 46.2 Å². The summed E-state index contributed by atoms with van der Waals surface area (Å²) in [7, 11) is 0. The number of nitrogens with zero attached hydrogens (tertiary/aromatic N) is 2. The molecule has 2 rings (SSSR count). The summed E-state index contributed by atoms with van der Waals surface area (Å²) in [5, 5.41) is 8.49. The number of halogens is 2. The largest absolute Gasteiger partial charge is 0.448 e. The first-order valence-corrected chi connectivity index (χ1v) is 8.44. The Kier molecular flexibility index (Phi) is 5.90. The molecule has 21 heavy (non-hydrogen) atoms. The molecule has 0 saturated heterocycles. The molecule has 2 aromatic heterocycles. The molecule has 1 N–H and O–H groups in total. The van der Waals surface area contributed by atoms with Gasteiger partial charge in [-0.3, -0.25) is 4.68 Å². The minimum Gasteiger partial charge on any atom is -0.448 e. The van der Waals surface area contributed by atoms with Gasteiger partial charge in [-0.25, -0.2) is 0 Å². The fourth-order valence-electron chi connectivity index (χ4n) is 2.36. The molecule has 0 aliphatic carbocycles. The van der Waals surface area contributed by atoms with E-state index in [0.29, 0.717) is 5.22 Å². The summed E-state index contributed by atoms with van der Waals surface area (Å²) in [5.41, 5.74) is 2.19. The minimum atomic E-state index is 0.0927. The van der Waals surface area contributed by atoms with Crippen LogP contribution in [0.1, 0.15) is 43.5 Å². The van der Waals surface area contributed by atoms with Crippen molar-refractivity contribution in [3.8, 4) is 0 Å². The van der Waals surface area contributed by atoms with Crippen molar-refractivity contribution in [2.24, 2.45) is 0 Å². The van der Waals surface area contributed by atoms with E-state index in [1.54, 1.807) is 6.07 Å². The number of rotatable bonds is 7. The van der Waals surface area contributed by atoms with Crippen molar-refractivity contribution in [1.82, 2.24) is 15.1 Å². The van der Waals surface area contributed by atoms with Gasteiger partial charge in [-0.1, -0.05) is 6.92 Å². The second-order valence-corrected chi connectivity index (χ2v) is 6.18. The van der Waals surface area contributed by atoms with Gasteiger partial charge >= 0.3 is 0 Å². The summed E-state index contributed by atoms with van der Waals surface area (Å²) in [6, 6.07) is 3.81. The van der Waals surface area contributed by atoms with Crippen molar-refractivity contribution >= 4 is 27.5 Å². The number of aryl methyl sites for hydroxylation is 2. The van der Waals surface area contributed by atoms with E-state index < -0.39 is 0 Å². The molecular weight excluding hydrogens is 354 g/mol. The molecule has 0 spiro atoms. The van der Waals surface area contributed by atoms with Gasteiger partial charge in [0.25, 0.3) is 0 Å². The maximum atomic E-state index is 5.91. The number of nitrogens with one attached hydrogen (secondary N) is 1. The second-order valence-electron chi connectivity index (χ2n) is 5.01. The van der Waals surface area contributed by atoms with Crippen LogP contribution >= 0.6 is 27.5 Å². The van der Waals surface area contributed by atoms with Crippen LogP contribution in [-0.4, -0.2) is 16.3 Å². The highest BCUT2D eigenvalue weighted by molar-refractivity contribution is 9.10. The minimum absolute atomic E-state index is 0.0927.